The molecule has 4 aromatic carbocycles. The van der Waals surface area contributed by atoms with Crippen LogP contribution in [0.25, 0.3) is 0 Å². The normalized spacial score (nSPS) is 10.5. The van der Waals surface area contributed by atoms with E-state index in [4.69, 9.17) is 9.47 Å². The zero-order chi connectivity index (χ0) is 23.2. The number of rotatable bonds is 8. The van der Waals surface area contributed by atoms with Gasteiger partial charge in [0.05, 0.1) is 14.2 Å². The molecule has 0 bridgehead atoms. The molecule has 0 aromatic heterocycles. The first-order valence-corrected chi connectivity index (χ1v) is 10.6. The molecule has 0 radical (unpaired) electrons. The van der Waals surface area contributed by atoms with Crippen molar-refractivity contribution in [1.29, 1.82) is 0 Å². The second-order valence-corrected chi connectivity index (χ2v) is 7.62. The highest BCUT2D eigenvalue weighted by Gasteiger charge is 2.16. The Morgan fingerprint density at radius 2 is 0.939 bits per heavy atom. The van der Waals surface area contributed by atoms with Crippen LogP contribution in [-0.2, 0) is 6.42 Å². The molecule has 0 aliphatic rings. The van der Waals surface area contributed by atoms with Crippen LogP contribution in [0.3, 0.4) is 0 Å². The zero-order valence-corrected chi connectivity index (χ0v) is 18.6. The van der Waals surface area contributed by atoms with E-state index in [9.17, 15) is 9.59 Å². The highest BCUT2D eigenvalue weighted by Crippen LogP contribution is 2.29. The number of carbonyl (C=O) groups is 2. The van der Waals surface area contributed by atoms with E-state index in [-0.39, 0.29) is 11.6 Å². The van der Waals surface area contributed by atoms with Crippen LogP contribution in [0.5, 0.6) is 11.5 Å². The Bertz CT molecular complexity index is 1180. The molecule has 0 saturated heterocycles. The fourth-order valence-corrected chi connectivity index (χ4v) is 3.78. The topological polar surface area (TPSA) is 52.6 Å². The van der Waals surface area contributed by atoms with Crippen molar-refractivity contribution in [3.05, 3.63) is 130 Å². The lowest BCUT2D eigenvalue weighted by Gasteiger charge is -2.14. The van der Waals surface area contributed by atoms with Gasteiger partial charge >= 0.3 is 0 Å². The lowest BCUT2D eigenvalue weighted by Crippen LogP contribution is -2.05. The molecule has 0 fully saturated rings. The lowest BCUT2D eigenvalue weighted by atomic mass is 9.96. The fourth-order valence-electron chi connectivity index (χ4n) is 3.78. The largest absolute Gasteiger partial charge is 0.496 e. The summed E-state index contributed by atoms with van der Waals surface area (Å²) in [6.45, 7) is 0. The molecule has 0 N–H and O–H groups in total. The first kappa shape index (κ1) is 22.0. The van der Waals surface area contributed by atoms with E-state index in [1.165, 1.54) is 0 Å². The number of hydrogen-bond donors (Lipinski definition) is 0. The van der Waals surface area contributed by atoms with Crippen molar-refractivity contribution >= 4 is 11.6 Å². The van der Waals surface area contributed by atoms with Gasteiger partial charge in [-0.2, -0.15) is 0 Å². The molecule has 0 amide bonds. The molecule has 0 atom stereocenters. The highest BCUT2D eigenvalue weighted by molar-refractivity contribution is 6.09. The molecule has 164 valence electrons. The lowest BCUT2D eigenvalue weighted by molar-refractivity contribution is 0.103. The molecule has 0 aliphatic heterocycles. The van der Waals surface area contributed by atoms with Gasteiger partial charge in [-0.15, -0.1) is 0 Å². The molecule has 4 rings (SSSR count). The van der Waals surface area contributed by atoms with Crippen LogP contribution < -0.4 is 9.47 Å². The second kappa shape index (κ2) is 9.96. The molecule has 0 heterocycles. The van der Waals surface area contributed by atoms with E-state index >= 15 is 0 Å². The van der Waals surface area contributed by atoms with Gasteiger partial charge in [0.2, 0.25) is 0 Å². The summed E-state index contributed by atoms with van der Waals surface area (Å²) in [5, 5.41) is 0. The predicted octanol–water partition coefficient (Wildman–Crippen LogP) is 5.76. The van der Waals surface area contributed by atoms with Gasteiger partial charge in [-0.05, 0) is 23.3 Å². The van der Waals surface area contributed by atoms with Gasteiger partial charge in [0.25, 0.3) is 0 Å². The average molecular weight is 437 g/mol. The standard InChI is InChI=1S/C29H24O4/c1-32-26-18-24(28(30)20-9-5-3-6-10-20)15-13-22(26)17-23-14-16-25(19-27(23)33-2)29(31)21-11-7-4-8-12-21/h3-16,18-19H,17H2,1-2H3. The van der Waals surface area contributed by atoms with Gasteiger partial charge in [0, 0.05) is 28.7 Å². The summed E-state index contributed by atoms with van der Waals surface area (Å²) in [6.07, 6.45) is 0.534. The number of ketones is 2. The van der Waals surface area contributed by atoms with Crippen LogP contribution in [0.2, 0.25) is 0 Å². The smallest absolute Gasteiger partial charge is 0.193 e. The minimum Gasteiger partial charge on any atom is -0.496 e. The monoisotopic (exact) mass is 436 g/mol. The summed E-state index contributed by atoms with van der Waals surface area (Å²) >= 11 is 0. The Kier molecular flexibility index (Phi) is 6.65. The predicted molar refractivity (Wildman–Crippen MR) is 129 cm³/mol. The molecule has 0 saturated carbocycles. The number of methoxy groups -OCH3 is 2. The van der Waals surface area contributed by atoms with Crippen LogP contribution in [-0.4, -0.2) is 25.8 Å². The SMILES string of the molecule is COc1cc(C(=O)c2ccccc2)ccc1Cc1ccc(C(=O)c2ccccc2)cc1OC. The maximum atomic E-state index is 12.8. The van der Waals surface area contributed by atoms with Crippen molar-refractivity contribution in [3.8, 4) is 11.5 Å². The fraction of sp³-hybridized carbons (Fsp3) is 0.103. The van der Waals surface area contributed by atoms with Crippen LogP contribution in [0.4, 0.5) is 0 Å². The first-order chi connectivity index (χ1) is 16.1. The van der Waals surface area contributed by atoms with Crippen molar-refractivity contribution in [3.63, 3.8) is 0 Å². The Morgan fingerprint density at radius 3 is 1.30 bits per heavy atom. The van der Waals surface area contributed by atoms with E-state index in [2.05, 4.69) is 0 Å². The zero-order valence-electron chi connectivity index (χ0n) is 18.6. The summed E-state index contributed by atoms with van der Waals surface area (Å²) in [7, 11) is 3.18. The summed E-state index contributed by atoms with van der Waals surface area (Å²) in [6, 6.07) is 29.3. The quantitative estimate of drug-likeness (QED) is 0.330. The number of benzene rings is 4. The third kappa shape index (κ3) is 4.85. The maximum absolute atomic E-state index is 12.8. The molecule has 0 unspecified atom stereocenters. The first-order valence-electron chi connectivity index (χ1n) is 10.6. The maximum Gasteiger partial charge on any atom is 0.193 e. The third-order valence-electron chi connectivity index (χ3n) is 5.55. The Balaban J connectivity index is 1.60. The minimum atomic E-state index is -0.0539. The molecular weight excluding hydrogens is 412 g/mol. The van der Waals surface area contributed by atoms with Crippen molar-refractivity contribution in [2.24, 2.45) is 0 Å². The molecule has 0 spiro atoms. The number of carbonyl (C=O) groups excluding carboxylic acids is 2. The Hall–Kier alpha value is -4.18. The molecule has 4 aromatic rings. The van der Waals surface area contributed by atoms with Crippen molar-refractivity contribution in [1.82, 2.24) is 0 Å². The average Bonchev–Trinajstić information content (AvgIpc) is 2.89. The highest BCUT2D eigenvalue weighted by atomic mass is 16.5. The second-order valence-electron chi connectivity index (χ2n) is 7.62. The van der Waals surface area contributed by atoms with E-state index in [0.717, 1.165) is 11.1 Å². The Morgan fingerprint density at radius 1 is 0.545 bits per heavy atom. The summed E-state index contributed by atoms with van der Waals surface area (Å²) in [4.78, 5) is 25.6. The minimum absolute atomic E-state index is 0.0539. The van der Waals surface area contributed by atoms with Gasteiger partial charge in [-0.1, -0.05) is 84.9 Å². The van der Waals surface area contributed by atoms with Crippen molar-refractivity contribution in [2.75, 3.05) is 14.2 Å². The Labute approximate surface area is 193 Å². The van der Waals surface area contributed by atoms with E-state index in [0.29, 0.717) is 40.2 Å². The van der Waals surface area contributed by atoms with Gasteiger partial charge in [0.15, 0.2) is 11.6 Å². The summed E-state index contributed by atoms with van der Waals surface area (Å²) in [5.74, 6) is 1.15. The van der Waals surface area contributed by atoms with Crippen LogP contribution >= 0.6 is 0 Å². The van der Waals surface area contributed by atoms with Gasteiger partial charge in [-0.25, -0.2) is 0 Å². The van der Waals surface area contributed by atoms with Gasteiger partial charge in [0.1, 0.15) is 11.5 Å². The van der Waals surface area contributed by atoms with Crippen molar-refractivity contribution in [2.45, 2.75) is 6.42 Å². The van der Waals surface area contributed by atoms with Gasteiger partial charge in [-0.3, -0.25) is 9.59 Å². The van der Waals surface area contributed by atoms with Crippen LogP contribution in [0, 0.1) is 0 Å². The van der Waals surface area contributed by atoms with Crippen LogP contribution in [0.1, 0.15) is 43.0 Å². The van der Waals surface area contributed by atoms with E-state index in [1.807, 2.05) is 60.7 Å². The number of ether oxygens (including phenoxy) is 2. The van der Waals surface area contributed by atoms with E-state index in [1.54, 1.807) is 50.6 Å². The van der Waals surface area contributed by atoms with Gasteiger partial charge < -0.3 is 9.47 Å². The molecule has 4 heteroatoms. The molecule has 4 nitrogen and oxygen atoms in total. The molecule has 33 heavy (non-hydrogen) atoms. The number of hydrogen-bond acceptors (Lipinski definition) is 4. The van der Waals surface area contributed by atoms with E-state index < -0.39 is 0 Å². The molecular formula is C29H24O4. The summed E-state index contributed by atoms with van der Waals surface area (Å²) < 4.78 is 11.2. The van der Waals surface area contributed by atoms with Crippen LogP contribution in [0.15, 0.2) is 97.1 Å². The third-order valence-corrected chi connectivity index (χ3v) is 5.55. The summed E-state index contributed by atoms with van der Waals surface area (Å²) in [5.41, 5.74) is 4.24. The molecule has 0 aliphatic carbocycles. The van der Waals surface area contributed by atoms with Crippen molar-refractivity contribution < 1.29 is 19.1 Å².